The van der Waals surface area contributed by atoms with E-state index in [1.807, 2.05) is 0 Å². The molecule has 1 amide bonds. The molecule has 1 N–H and O–H groups in total. The Morgan fingerprint density at radius 1 is 1.03 bits per heavy atom. The number of ketones is 1. The molecule has 0 spiro atoms. The van der Waals surface area contributed by atoms with Crippen molar-refractivity contribution in [3.8, 4) is 5.75 Å². The Kier molecular flexibility index (Phi) is 8.96. The van der Waals surface area contributed by atoms with Gasteiger partial charge in [-0.05, 0) is 48.9 Å². The van der Waals surface area contributed by atoms with Gasteiger partial charge in [-0.25, -0.2) is 13.2 Å². The smallest absolute Gasteiger partial charge is 0.344 e. The van der Waals surface area contributed by atoms with Crippen LogP contribution in [0.25, 0.3) is 0 Å². The van der Waals surface area contributed by atoms with Crippen LogP contribution >= 0.6 is 0 Å². The molecule has 0 unspecified atom stereocenters. The predicted octanol–water partition coefficient (Wildman–Crippen LogP) is 2.17. The molecule has 1 heterocycles. The Labute approximate surface area is 204 Å². The van der Waals surface area contributed by atoms with E-state index in [9.17, 15) is 22.8 Å². The molecular weight excluding hydrogens is 476 g/mol. The molecular formula is C24H28N2O8S. The van der Waals surface area contributed by atoms with Gasteiger partial charge >= 0.3 is 5.97 Å². The molecule has 0 atom stereocenters. The third-order valence-corrected chi connectivity index (χ3v) is 7.20. The van der Waals surface area contributed by atoms with Crippen molar-refractivity contribution in [1.82, 2.24) is 4.31 Å². The van der Waals surface area contributed by atoms with Gasteiger partial charge in [-0.1, -0.05) is 13.0 Å². The van der Waals surface area contributed by atoms with Gasteiger partial charge in [-0.3, -0.25) is 9.59 Å². The molecule has 188 valence electrons. The lowest BCUT2D eigenvalue weighted by molar-refractivity contribution is -0.149. The molecule has 10 nitrogen and oxygen atoms in total. The fourth-order valence-corrected chi connectivity index (χ4v) is 4.72. The predicted molar refractivity (Wildman–Crippen MR) is 127 cm³/mol. The second-order valence-corrected chi connectivity index (χ2v) is 9.73. The first-order chi connectivity index (χ1) is 16.7. The summed E-state index contributed by atoms with van der Waals surface area (Å²) in [4.78, 5) is 35.9. The van der Waals surface area contributed by atoms with Crippen LogP contribution in [-0.4, -0.2) is 69.9 Å². The first-order valence-corrected chi connectivity index (χ1v) is 12.5. The van der Waals surface area contributed by atoms with Crippen LogP contribution in [0.1, 0.15) is 29.3 Å². The van der Waals surface area contributed by atoms with Crippen LogP contribution < -0.4 is 10.1 Å². The zero-order valence-corrected chi connectivity index (χ0v) is 20.4. The van der Waals surface area contributed by atoms with Gasteiger partial charge in [0.15, 0.2) is 19.0 Å². The van der Waals surface area contributed by atoms with Gasteiger partial charge in [-0.2, -0.15) is 4.31 Å². The average molecular weight is 505 g/mol. The number of nitrogens with zero attached hydrogens (tertiary/aromatic N) is 1. The van der Waals surface area contributed by atoms with Crippen molar-refractivity contribution in [2.75, 3.05) is 44.8 Å². The maximum atomic E-state index is 12.9. The molecule has 1 aliphatic heterocycles. The first-order valence-electron chi connectivity index (χ1n) is 11.1. The van der Waals surface area contributed by atoms with Gasteiger partial charge in [0, 0.05) is 30.8 Å². The van der Waals surface area contributed by atoms with Gasteiger partial charge in [-0.15, -0.1) is 0 Å². The zero-order chi connectivity index (χ0) is 25.4. The Hall–Kier alpha value is -3.28. The van der Waals surface area contributed by atoms with E-state index in [1.165, 1.54) is 16.4 Å². The number of aryl methyl sites for hydroxylation is 1. The lowest BCUT2D eigenvalue weighted by atomic mass is 10.1. The van der Waals surface area contributed by atoms with E-state index in [0.717, 1.165) is 0 Å². The Morgan fingerprint density at radius 2 is 1.71 bits per heavy atom. The monoisotopic (exact) mass is 504 g/mol. The van der Waals surface area contributed by atoms with E-state index >= 15 is 0 Å². The molecule has 1 aliphatic rings. The number of morpholine rings is 1. The quantitative estimate of drug-likeness (QED) is 0.385. The summed E-state index contributed by atoms with van der Waals surface area (Å²) < 4.78 is 42.5. The van der Waals surface area contributed by atoms with Gasteiger partial charge in [0.1, 0.15) is 5.75 Å². The van der Waals surface area contributed by atoms with E-state index in [1.54, 1.807) is 44.2 Å². The molecule has 0 saturated carbocycles. The minimum Gasteiger partial charge on any atom is -0.482 e. The number of nitrogens with one attached hydrogen (secondary N) is 1. The minimum atomic E-state index is -3.72. The normalized spacial score (nSPS) is 14.2. The molecule has 0 radical (unpaired) electrons. The molecule has 1 saturated heterocycles. The third-order valence-electron chi connectivity index (χ3n) is 5.31. The Balaban J connectivity index is 1.51. The summed E-state index contributed by atoms with van der Waals surface area (Å²) in [5, 5.41) is 2.58. The number of carbonyl (C=O) groups excluding carboxylic acids is 3. The van der Waals surface area contributed by atoms with Crippen molar-refractivity contribution in [2.24, 2.45) is 0 Å². The van der Waals surface area contributed by atoms with Crippen LogP contribution in [0.15, 0.2) is 47.4 Å². The van der Waals surface area contributed by atoms with Crippen molar-refractivity contribution in [2.45, 2.75) is 25.2 Å². The molecule has 0 aromatic heterocycles. The second kappa shape index (κ2) is 11.9. The number of anilines is 1. The fourth-order valence-electron chi connectivity index (χ4n) is 3.29. The van der Waals surface area contributed by atoms with Gasteiger partial charge in [0.05, 0.1) is 18.1 Å². The molecule has 0 aliphatic carbocycles. The van der Waals surface area contributed by atoms with E-state index in [2.05, 4.69) is 5.32 Å². The standard InChI is InChI=1S/C24H28N2O8S/c1-3-22(27)18-5-7-19(8-6-18)33-16-24(29)34-15-23(28)25-21-14-20(9-4-17(21)2)35(30,31)26-10-12-32-13-11-26/h4-9,14H,3,10-13,15-16H2,1-2H3,(H,25,28). The van der Waals surface area contributed by atoms with Crippen LogP contribution in [0.2, 0.25) is 0 Å². The molecule has 1 fully saturated rings. The SMILES string of the molecule is CCC(=O)c1ccc(OCC(=O)OCC(=O)Nc2cc(S(=O)(=O)N3CCOCC3)ccc2C)cc1. The molecule has 0 bridgehead atoms. The number of esters is 1. The number of carbonyl (C=O) groups is 3. The number of benzene rings is 2. The minimum absolute atomic E-state index is 0.00133. The van der Waals surface area contributed by atoms with Crippen LogP contribution in [0.4, 0.5) is 5.69 Å². The highest BCUT2D eigenvalue weighted by atomic mass is 32.2. The summed E-state index contributed by atoms with van der Waals surface area (Å²) in [5.41, 5.74) is 1.51. The summed E-state index contributed by atoms with van der Waals surface area (Å²) in [5.74, 6) is -0.992. The van der Waals surface area contributed by atoms with Crippen LogP contribution in [0.3, 0.4) is 0 Å². The summed E-state index contributed by atoms with van der Waals surface area (Å²) in [6.45, 7) is 3.69. The highest BCUT2D eigenvalue weighted by Gasteiger charge is 2.27. The lowest BCUT2D eigenvalue weighted by Crippen LogP contribution is -2.40. The molecule has 3 rings (SSSR count). The van der Waals surface area contributed by atoms with Gasteiger partial charge < -0.3 is 19.5 Å². The zero-order valence-electron chi connectivity index (χ0n) is 19.6. The Morgan fingerprint density at radius 3 is 2.37 bits per heavy atom. The first kappa shape index (κ1) is 26.3. The third kappa shape index (κ3) is 7.10. The van der Waals surface area contributed by atoms with E-state index in [4.69, 9.17) is 14.2 Å². The van der Waals surface area contributed by atoms with Crippen LogP contribution in [0.5, 0.6) is 5.75 Å². The molecule has 2 aromatic rings. The van der Waals surface area contributed by atoms with Crippen molar-refractivity contribution < 1.29 is 37.0 Å². The van der Waals surface area contributed by atoms with E-state index in [0.29, 0.717) is 42.2 Å². The van der Waals surface area contributed by atoms with Crippen LogP contribution in [-0.2, 0) is 29.1 Å². The van der Waals surface area contributed by atoms with Gasteiger partial charge in [0.25, 0.3) is 5.91 Å². The molecule has 35 heavy (non-hydrogen) atoms. The van der Waals surface area contributed by atoms with Gasteiger partial charge in [0.2, 0.25) is 10.0 Å². The topological polar surface area (TPSA) is 128 Å². The number of Topliss-reactive ketones (excluding diaryl/α,β-unsaturated/α-hetero) is 1. The van der Waals surface area contributed by atoms with Crippen LogP contribution in [0, 0.1) is 6.92 Å². The maximum Gasteiger partial charge on any atom is 0.344 e. The number of sulfonamides is 1. The second-order valence-electron chi connectivity index (χ2n) is 7.79. The van der Waals surface area contributed by atoms with Crippen molar-refractivity contribution >= 4 is 33.4 Å². The summed E-state index contributed by atoms with van der Waals surface area (Å²) in [7, 11) is -3.72. The summed E-state index contributed by atoms with van der Waals surface area (Å²) >= 11 is 0. The number of rotatable bonds is 10. The molecule has 11 heteroatoms. The summed E-state index contributed by atoms with van der Waals surface area (Å²) in [6, 6.07) is 10.8. The number of hydrogen-bond acceptors (Lipinski definition) is 8. The maximum absolute atomic E-state index is 12.9. The van der Waals surface area contributed by atoms with Crippen molar-refractivity contribution in [1.29, 1.82) is 0 Å². The number of hydrogen-bond donors (Lipinski definition) is 1. The van der Waals surface area contributed by atoms with Crippen molar-refractivity contribution in [3.63, 3.8) is 0 Å². The van der Waals surface area contributed by atoms with E-state index in [-0.39, 0.29) is 23.8 Å². The number of ether oxygens (including phenoxy) is 3. The number of amides is 1. The highest BCUT2D eigenvalue weighted by molar-refractivity contribution is 7.89. The Bertz CT molecular complexity index is 1170. The fraction of sp³-hybridized carbons (Fsp3) is 0.375. The summed E-state index contributed by atoms with van der Waals surface area (Å²) in [6.07, 6.45) is 0.391. The van der Waals surface area contributed by atoms with Crippen molar-refractivity contribution in [3.05, 3.63) is 53.6 Å². The molecule has 2 aromatic carbocycles. The largest absolute Gasteiger partial charge is 0.482 e. The average Bonchev–Trinajstić information content (AvgIpc) is 2.87. The lowest BCUT2D eigenvalue weighted by Gasteiger charge is -2.26. The van der Waals surface area contributed by atoms with E-state index < -0.39 is 35.1 Å². The highest BCUT2D eigenvalue weighted by Crippen LogP contribution is 2.23.